The number of piperidine rings is 1. The van der Waals surface area contributed by atoms with Crippen LogP contribution in [0.3, 0.4) is 0 Å². The van der Waals surface area contributed by atoms with Crippen LogP contribution >= 0.6 is 0 Å². The molecule has 12 heteroatoms. The molecule has 2 aromatic rings. The van der Waals surface area contributed by atoms with Gasteiger partial charge in [0, 0.05) is 12.2 Å². The lowest BCUT2D eigenvalue weighted by Crippen LogP contribution is -2.48. The highest BCUT2D eigenvalue weighted by Gasteiger charge is 2.38. The molecule has 0 spiro atoms. The molecule has 3 N–H and O–H groups in total. The minimum Gasteiger partial charge on any atom is -0.454 e. The number of hydrogen-bond donors (Lipinski definition) is 2. The predicted octanol–water partition coefficient (Wildman–Crippen LogP) is 1.37. The summed E-state index contributed by atoms with van der Waals surface area (Å²) in [6.45, 7) is 1.40. The molecule has 1 amide bonds. The molecule has 1 fully saturated rings. The lowest BCUT2D eigenvalue weighted by molar-refractivity contribution is -0.152. The number of benzene rings is 2. The number of carbonyl (C=O) groups excluding carboxylic acids is 2. The van der Waals surface area contributed by atoms with Crippen LogP contribution in [-0.2, 0) is 34.4 Å². The largest absolute Gasteiger partial charge is 0.454 e. The minimum atomic E-state index is -3.90. The average molecular weight is 496 g/mol. The average Bonchev–Trinajstić information content (AvgIpc) is 2.77. The number of primary sulfonamides is 1. The fraction of sp³-hybridized carbons (Fsp3) is 0.333. The molecule has 1 unspecified atom stereocenters. The van der Waals surface area contributed by atoms with Crippen LogP contribution in [-0.4, -0.2) is 52.2 Å². The van der Waals surface area contributed by atoms with E-state index in [0.717, 1.165) is 9.87 Å². The van der Waals surface area contributed by atoms with Crippen molar-refractivity contribution in [3.63, 3.8) is 0 Å². The standard InChI is InChI=1S/C21H25N3O7S2/c1-15-5-9-18(10-6-15)33(29,30)24-13-3-2-4-19(24)21(26)31-14-20(25)23-16-7-11-17(12-8-16)32(22,27)28/h5-12,19H,2-4,13-14H2,1H3,(H,23,25)(H2,22,27,28). The van der Waals surface area contributed by atoms with Crippen LogP contribution in [0.2, 0.25) is 0 Å². The van der Waals surface area contributed by atoms with Crippen molar-refractivity contribution in [1.82, 2.24) is 4.31 Å². The molecule has 1 heterocycles. The Balaban J connectivity index is 1.63. The van der Waals surface area contributed by atoms with E-state index < -0.39 is 44.6 Å². The van der Waals surface area contributed by atoms with Gasteiger partial charge < -0.3 is 10.1 Å². The van der Waals surface area contributed by atoms with Gasteiger partial charge in [-0.3, -0.25) is 9.59 Å². The number of amides is 1. The van der Waals surface area contributed by atoms with Gasteiger partial charge in [0.2, 0.25) is 20.0 Å². The maximum atomic E-state index is 13.1. The Bertz CT molecular complexity index is 1230. The Morgan fingerprint density at radius 2 is 1.61 bits per heavy atom. The van der Waals surface area contributed by atoms with Crippen LogP contribution < -0.4 is 10.5 Å². The van der Waals surface area contributed by atoms with Crippen molar-refractivity contribution < 1.29 is 31.2 Å². The van der Waals surface area contributed by atoms with Gasteiger partial charge in [-0.2, -0.15) is 4.31 Å². The van der Waals surface area contributed by atoms with E-state index in [1.807, 2.05) is 6.92 Å². The SMILES string of the molecule is Cc1ccc(S(=O)(=O)N2CCCCC2C(=O)OCC(=O)Nc2ccc(S(N)(=O)=O)cc2)cc1. The molecule has 178 valence electrons. The molecule has 1 aliphatic heterocycles. The van der Waals surface area contributed by atoms with Crippen LogP contribution in [0.25, 0.3) is 0 Å². The van der Waals surface area contributed by atoms with E-state index in [9.17, 15) is 26.4 Å². The van der Waals surface area contributed by atoms with Gasteiger partial charge in [-0.05, 0) is 62.6 Å². The second-order valence-electron chi connectivity index (χ2n) is 7.67. The fourth-order valence-electron chi connectivity index (χ4n) is 3.43. The first kappa shape index (κ1) is 24.8. The molecule has 1 saturated heterocycles. The Kier molecular flexibility index (Phi) is 7.52. The van der Waals surface area contributed by atoms with E-state index in [4.69, 9.17) is 9.88 Å². The number of anilines is 1. The number of sulfonamides is 2. The topological polar surface area (TPSA) is 153 Å². The third-order valence-electron chi connectivity index (χ3n) is 5.17. The zero-order chi connectivity index (χ0) is 24.2. The number of ether oxygens (including phenoxy) is 1. The number of nitrogens with one attached hydrogen (secondary N) is 1. The van der Waals surface area contributed by atoms with Crippen molar-refractivity contribution in [2.75, 3.05) is 18.5 Å². The quantitative estimate of drug-likeness (QED) is 0.550. The van der Waals surface area contributed by atoms with E-state index in [2.05, 4.69) is 5.32 Å². The first-order chi connectivity index (χ1) is 15.5. The van der Waals surface area contributed by atoms with Gasteiger partial charge in [0.15, 0.2) is 6.61 Å². The van der Waals surface area contributed by atoms with Crippen molar-refractivity contribution in [1.29, 1.82) is 0 Å². The minimum absolute atomic E-state index is 0.0912. The van der Waals surface area contributed by atoms with E-state index in [0.29, 0.717) is 19.3 Å². The third-order valence-corrected chi connectivity index (χ3v) is 8.02. The number of hydrogen-bond acceptors (Lipinski definition) is 7. The van der Waals surface area contributed by atoms with Crippen molar-refractivity contribution in [3.05, 3.63) is 54.1 Å². The summed E-state index contributed by atoms with van der Waals surface area (Å²) in [7, 11) is -7.76. The van der Waals surface area contributed by atoms with Gasteiger partial charge in [0.1, 0.15) is 6.04 Å². The molecule has 0 bridgehead atoms. The lowest BCUT2D eigenvalue weighted by atomic mass is 10.1. The third kappa shape index (κ3) is 6.16. The van der Waals surface area contributed by atoms with E-state index in [1.54, 1.807) is 12.1 Å². The summed E-state index contributed by atoms with van der Waals surface area (Å²) in [5, 5.41) is 7.49. The van der Waals surface area contributed by atoms with Gasteiger partial charge in [0.05, 0.1) is 9.79 Å². The highest BCUT2D eigenvalue weighted by Crippen LogP contribution is 2.26. The zero-order valence-electron chi connectivity index (χ0n) is 17.9. The smallest absolute Gasteiger partial charge is 0.324 e. The molecule has 10 nitrogen and oxygen atoms in total. The molecule has 1 atom stereocenters. The van der Waals surface area contributed by atoms with Gasteiger partial charge in [-0.25, -0.2) is 22.0 Å². The number of esters is 1. The highest BCUT2D eigenvalue weighted by molar-refractivity contribution is 7.89. The summed E-state index contributed by atoms with van der Waals surface area (Å²) < 4.78 is 55.0. The molecule has 33 heavy (non-hydrogen) atoms. The van der Waals surface area contributed by atoms with Crippen LogP contribution in [0.5, 0.6) is 0 Å². The van der Waals surface area contributed by atoms with Crippen molar-refractivity contribution >= 4 is 37.6 Å². The number of aryl methyl sites for hydroxylation is 1. The second kappa shape index (κ2) is 10.00. The van der Waals surface area contributed by atoms with Gasteiger partial charge in [-0.1, -0.05) is 17.7 Å². The van der Waals surface area contributed by atoms with Crippen LogP contribution in [0, 0.1) is 6.92 Å². The van der Waals surface area contributed by atoms with Gasteiger partial charge >= 0.3 is 5.97 Å². The van der Waals surface area contributed by atoms with E-state index in [1.165, 1.54) is 36.4 Å². The lowest BCUT2D eigenvalue weighted by Gasteiger charge is -2.33. The second-order valence-corrected chi connectivity index (χ2v) is 11.1. The summed E-state index contributed by atoms with van der Waals surface area (Å²) in [4.78, 5) is 24.8. The van der Waals surface area contributed by atoms with Crippen LogP contribution in [0.1, 0.15) is 24.8 Å². The summed E-state index contributed by atoms with van der Waals surface area (Å²) in [5.74, 6) is -1.46. The fourth-order valence-corrected chi connectivity index (χ4v) is 5.59. The Labute approximate surface area is 192 Å². The summed E-state index contributed by atoms with van der Waals surface area (Å²) in [6.07, 6.45) is 1.56. The zero-order valence-corrected chi connectivity index (χ0v) is 19.6. The normalized spacial score (nSPS) is 17.3. The van der Waals surface area contributed by atoms with Gasteiger partial charge in [0.25, 0.3) is 5.91 Å². The Morgan fingerprint density at radius 3 is 2.21 bits per heavy atom. The van der Waals surface area contributed by atoms with Crippen molar-refractivity contribution in [3.8, 4) is 0 Å². The van der Waals surface area contributed by atoms with Crippen LogP contribution in [0.4, 0.5) is 5.69 Å². The summed E-state index contributed by atoms with van der Waals surface area (Å²) in [5.41, 5.74) is 1.19. The van der Waals surface area contributed by atoms with E-state index >= 15 is 0 Å². The Morgan fingerprint density at radius 1 is 1.00 bits per heavy atom. The first-order valence-corrected chi connectivity index (χ1v) is 13.1. The monoisotopic (exact) mass is 495 g/mol. The molecular weight excluding hydrogens is 470 g/mol. The molecule has 0 radical (unpaired) electrons. The molecule has 0 aliphatic carbocycles. The maximum Gasteiger partial charge on any atom is 0.324 e. The highest BCUT2D eigenvalue weighted by atomic mass is 32.2. The predicted molar refractivity (Wildman–Crippen MR) is 120 cm³/mol. The van der Waals surface area contributed by atoms with Gasteiger partial charge in [-0.15, -0.1) is 0 Å². The molecule has 2 aromatic carbocycles. The summed E-state index contributed by atoms with van der Waals surface area (Å²) >= 11 is 0. The number of rotatable bonds is 7. The number of carbonyl (C=O) groups is 2. The molecule has 3 rings (SSSR count). The van der Waals surface area contributed by atoms with Crippen LogP contribution in [0.15, 0.2) is 58.3 Å². The van der Waals surface area contributed by atoms with E-state index in [-0.39, 0.29) is 22.0 Å². The number of nitrogens with two attached hydrogens (primary N) is 1. The molecular formula is C21H25N3O7S2. The maximum absolute atomic E-state index is 13.1. The van der Waals surface area contributed by atoms with Crippen molar-refractivity contribution in [2.45, 2.75) is 42.0 Å². The molecule has 1 aliphatic rings. The molecule has 0 aromatic heterocycles. The Hall–Kier alpha value is -2.80. The number of nitrogens with zero attached hydrogens (tertiary/aromatic N) is 1. The molecule has 0 saturated carbocycles. The summed E-state index contributed by atoms with van der Waals surface area (Å²) in [6, 6.07) is 10.5. The van der Waals surface area contributed by atoms with Crippen molar-refractivity contribution in [2.24, 2.45) is 5.14 Å². The first-order valence-electron chi connectivity index (χ1n) is 10.2.